The summed E-state index contributed by atoms with van der Waals surface area (Å²) >= 11 is 0. The van der Waals surface area contributed by atoms with E-state index in [0.29, 0.717) is 6.04 Å². The number of nitrogens with zero attached hydrogens (tertiary/aromatic N) is 2. The number of rotatable bonds is 8. The molecule has 5 heteroatoms. The molecular weight excluding hydrogens is 264 g/mol. The van der Waals surface area contributed by atoms with E-state index in [1.165, 1.54) is 0 Å². The number of nitrogens with two attached hydrogens (primary N) is 1. The summed E-state index contributed by atoms with van der Waals surface area (Å²) < 4.78 is 0. The Kier molecular flexibility index (Phi) is 7.63. The first-order valence-electron chi connectivity index (χ1n) is 8.46. The van der Waals surface area contributed by atoms with E-state index < -0.39 is 5.54 Å². The van der Waals surface area contributed by atoms with Crippen molar-refractivity contribution in [3.8, 4) is 0 Å². The fraction of sp³-hybridized carbons (Fsp3) is 0.938. The van der Waals surface area contributed by atoms with Crippen LogP contribution in [0.25, 0.3) is 0 Å². The molecule has 0 aromatic heterocycles. The second-order valence-corrected chi connectivity index (χ2v) is 6.38. The first-order valence-corrected chi connectivity index (χ1v) is 8.46. The zero-order valence-corrected chi connectivity index (χ0v) is 14.3. The molecule has 1 atom stereocenters. The predicted molar refractivity (Wildman–Crippen MR) is 88.3 cm³/mol. The third-order valence-corrected chi connectivity index (χ3v) is 4.86. The lowest BCUT2D eigenvalue weighted by atomic mass is 9.89. The van der Waals surface area contributed by atoms with Gasteiger partial charge in [0.25, 0.3) is 0 Å². The highest BCUT2D eigenvalue weighted by molar-refractivity contribution is 5.84. The Morgan fingerprint density at radius 1 is 1.29 bits per heavy atom. The summed E-state index contributed by atoms with van der Waals surface area (Å²) in [5, 5.41) is 3.49. The molecule has 3 N–H and O–H groups in total. The molecule has 1 heterocycles. The number of amides is 1. The average molecular weight is 298 g/mol. The largest absolute Gasteiger partial charge is 0.368 e. The monoisotopic (exact) mass is 298 g/mol. The van der Waals surface area contributed by atoms with Crippen molar-refractivity contribution in [2.45, 2.75) is 58.5 Å². The predicted octanol–water partition coefficient (Wildman–Crippen LogP) is 1.04. The molecular formula is C16H34N4O. The van der Waals surface area contributed by atoms with Crippen molar-refractivity contribution < 1.29 is 4.79 Å². The SMILES string of the molecule is CCN(CC)CCNC1(C(N)=O)CCCN(C(C)C)CC1. The minimum Gasteiger partial charge on any atom is -0.368 e. The molecule has 0 aromatic rings. The number of likely N-dealkylation sites (tertiary alicyclic amines) is 1. The Bertz CT molecular complexity index is 317. The molecule has 1 unspecified atom stereocenters. The Labute approximate surface area is 130 Å². The van der Waals surface area contributed by atoms with E-state index in [2.05, 4.69) is 42.8 Å². The van der Waals surface area contributed by atoms with Crippen LogP contribution >= 0.6 is 0 Å². The third kappa shape index (κ3) is 5.24. The van der Waals surface area contributed by atoms with Gasteiger partial charge in [-0.1, -0.05) is 13.8 Å². The second-order valence-electron chi connectivity index (χ2n) is 6.38. The number of carbonyl (C=O) groups is 1. The van der Waals surface area contributed by atoms with Crippen molar-refractivity contribution >= 4 is 5.91 Å². The molecule has 0 aromatic carbocycles. The van der Waals surface area contributed by atoms with Gasteiger partial charge >= 0.3 is 0 Å². The van der Waals surface area contributed by atoms with Crippen LogP contribution in [0, 0.1) is 0 Å². The van der Waals surface area contributed by atoms with Gasteiger partial charge in [-0.25, -0.2) is 0 Å². The minimum absolute atomic E-state index is 0.187. The van der Waals surface area contributed by atoms with Gasteiger partial charge < -0.3 is 20.9 Å². The van der Waals surface area contributed by atoms with Crippen LogP contribution in [-0.4, -0.2) is 66.6 Å². The topological polar surface area (TPSA) is 61.6 Å². The van der Waals surface area contributed by atoms with Gasteiger partial charge in [0.1, 0.15) is 0 Å². The molecule has 0 saturated carbocycles. The van der Waals surface area contributed by atoms with Crippen LogP contribution in [0.1, 0.15) is 47.0 Å². The van der Waals surface area contributed by atoms with Crippen LogP contribution in [-0.2, 0) is 4.79 Å². The first kappa shape index (κ1) is 18.4. The van der Waals surface area contributed by atoms with Gasteiger partial charge in [0.2, 0.25) is 5.91 Å². The van der Waals surface area contributed by atoms with Crippen LogP contribution in [0.3, 0.4) is 0 Å². The average Bonchev–Trinajstić information content (AvgIpc) is 2.67. The van der Waals surface area contributed by atoms with E-state index >= 15 is 0 Å². The van der Waals surface area contributed by atoms with E-state index in [4.69, 9.17) is 5.73 Å². The summed E-state index contributed by atoms with van der Waals surface area (Å²) in [5.41, 5.74) is 5.22. The third-order valence-electron chi connectivity index (χ3n) is 4.86. The van der Waals surface area contributed by atoms with E-state index in [0.717, 1.165) is 58.5 Å². The van der Waals surface area contributed by atoms with Gasteiger partial charge in [-0.15, -0.1) is 0 Å². The standard InChI is InChI=1S/C16H34N4O/c1-5-19(6-2)13-10-18-16(15(17)21)8-7-11-20(12-9-16)14(3)4/h14,18H,5-13H2,1-4H3,(H2,17,21). The zero-order valence-electron chi connectivity index (χ0n) is 14.3. The molecule has 21 heavy (non-hydrogen) atoms. The Hall–Kier alpha value is -0.650. The van der Waals surface area contributed by atoms with Crippen LogP contribution in [0.2, 0.25) is 0 Å². The number of likely N-dealkylation sites (N-methyl/N-ethyl adjacent to an activating group) is 1. The van der Waals surface area contributed by atoms with E-state index in [1.807, 2.05) is 0 Å². The minimum atomic E-state index is -0.517. The molecule has 1 aliphatic rings. The highest BCUT2D eigenvalue weighted by Gasteiger charge is 2.37. The van der Waals surface area contributed by atoms with Crippen molar-refractivity contribution in [2.75, 3.05) is 39.3 Å². The van der Waals surface area contributed by atoms with Gasteiger partial charge in [-0.05, 0) is 52.7 Å². The molecule has 1 aliphatic heterocycles. The fourth-order valence-corrected chi connectivity index (χ4v) is 3.18. The van der Waals surface area contributed by atoms with Gasteiger partial charge in [0.05, 0.1) is 5.54 Å². The van der Waals surface area contributed by atoms with Crippen molar-refractivity contribution in [2.24, 2.45) is 5.73 Å². The van der Waals surface area contributed by atoms with Gasteiger partial charge in [0, 0.05) is 25.7 Å². The van der Waals surface area contributed by atoms with Gasteiger partial charge in [-0.2, -0.15) is 0 Å². The summed E-state index contributed by atoms with van der Waals surface area (Å²) in [6.45, 7) is 14.6. The normalized spacial score (nSPS) is 24.5. The van der Waals surface area contributed by atoms with Crippen molar-refractivity contribution in [3.63, 3.8) is 0 Å². The quantitative estimate of drug-likeness (QED) is 0.703. The molecule has 1 saturated heterocycles. The van der Waals surface area contributed by atoms with Crippen molar-refractivity contribution in [3.05, 3.63) is 0 Å². The molecule has 1 rings (SSSR count). The van der Waals surface area contributed by atoms with Crippen LogP contribution < -0.4 is 11.1 Å². The molecule has 1 amide bonds. The molecule has 0 radical (unpaired) electrons. The summed E-state index contributed by atoms with van der Waals surface area (Å²) in [5.74, 6) is -0.187. The van der Waals surface area contributed by atoms with E-state index in [-0.39, 0.29) is 5.91 Å². The molecule has 0 bridgehead atoms. The maximum Gasteiger partial charge on any atom is 0.237 e. The highest BCUT2D eigenvalue weighted by atomic mass is 16.1. The molecule has 0 spiro atoms. The van der Waals surface area contributed by atoms with E-state index in [1.54, 1.807) is 0 Å². The summed E-state index contributed by atoms with van der Waals surface area (Å²) in [6, 6.07) is 0.532. The molecule has 1 fully saturated rings. The lowest BCUT2D eigenvalue weighted by Gasteiger charge is -2.32. The van der Waals surface area contributed by atoms with Gasteiger partial charge in [-0.3, -0.25) is 4.79 Å². The maximum absolute atomic E-state index is 12.0. The lowest BCUT2D eigenvalue weighted by molar-refractivity contribution is -0.125. The fourth-order valence-electron chi connectivity index (χ4n) is 3.18. The van der Waals surface area contributed by atoms with Gasteiger partial charge in [0.15, 0.2) is 0 Å². The Balaban J connectivity index is 2.60. The number of nitrogens with one attached hydrogen (secondary N) is 1. The number of hydrogen-bond acceptors (Lipinski definition) is 4. The summed E-state index contributed by atoms with van der Waals surface area (Å²) in [6.07, 6.45) is 2.70. The summed E-state index contributed by atoms with van der Waals surface area (Å²) in [4.78, 5) is 16.8. The number of primary amides is 1. The van der Waals surface area contributed by atoms with E-state index in [9.17, 15) is 4.79 Å². The van der Waals surface area contributed by atoms with Crippen LogP contribution in [0.4, 0.5) is 0 Å². The smallest absolute Gasteiger partial charge is 0.237 e. The molecule has 0 aliphatic carbocycles. The number of hydrogen-bond donors (Lipinski definition) is 2. The maximum atomic E-state index is 12.0. The van der Waals surface area contributed by atoms with Crippen LogP contribution in [0.5, 0.6) is 0 Å². The Morgan fingerprint density at radius 3 is 2.48 bits per heavy atom. The molecule has 124 valence electrons. The summed E-state index contributed by atoms with van der Waals surface area (Å²) in [7, 11) is 0. The Morgan fingerprint density at radius 2 is 1.95 bits per heavy atom. The van der Waals surface area contributed by atoms with Crippen molar-refractivity contribution in [1.82, 2.24) is 15.1 Å². The second kappa shape index (κ2) is 8.71. The lowest BCUT2D eigenvalue weighted by Crippen LogP contribution is -2.57. The zero-order chi connectivity index (χ0) is 15.9. The first-order chi connectivity index (χ1) is 9.95. The molecule has 5 nitrogen and oxygen atoms in total. The number of carbonyl (C=O) groups excluding carboxylic acids is 1. The van der Waals surface area contributed by atoms with Crippen LogP contribution in [0.15, 0.2) is 0 Å². The highest BCUT2D eigenvalue weighted by Crippen LogP contribution is 2.23. The van der Waals surface area contributed by atoms with Crippen molar-refractivity contribution in [1.29, 1.82) is 0 Å².